The van der Waals surface area contributed by atoms with E-state index in [0.29, 0.717) is 13.2 Å². The van der Waals surface area contributed by atoms with Crippen LogP contribution < -0.4 is 5.14 Å². The van der Waals surface area contributed by atoms with Crippen molar-refractivity contribution in [2.75, 3.05) is 20.2 Å². The molecule has 138 valence electrons. The molecule has 1 heterocycles. The van der Waals surface area contributed by atoms with Gasteiger partial charge in [0.1, 0.15) is 0 Å². The van der Waals surface area contributed by atoms with E-state index >= 15 is 0 Å². The number of nitrogens with two attached hydrogens (primary N) is 1. The number of aliphatic hydroxyl groups is 1. The Balaban J connectivity index is 1.83. The SMILES string of the molecule is CC(c1ccc(S(N)(=O)=O)cc1)N(C)CC(O)COCc1cccs1. The van der Waals surface area contributed by atoms with Crippen molar-refractivity contribution in [1.29, 1.82) is 0 Å². The van der Waals surface area contributed by atoms with Crippen LogP contribution in [0.3, 0.4) is 0 Å². The van der Waals surface area contributed by atoms with Gasteiger partial charge in [0.25, 0.3) is 0 Å². The zero-order valence-electron chi connectivity index (χ0n) is 14.3. The van der Waals surface area contributed by atoms with Gasteiger partial charge in [0.05, 0.1) is 24.2 Å². The highest BCUT2D eigenvalue weighted by molar-refractivity contribution is 7.89. The molecule has 8 heteroatoms. The van der Waals surface area contributed by atoms with E-state index in [0.717, 1.165) is 10.4 Å². The van der Waals surface area contributed by atoms with Crippen molar-refractivity contribution in [3.63, 3.8) is 0 Å². The normalized spacial score (nSPS) is 14.6. The Kier molecular flexibility index (Phi) is 7.12. The largest absolute Gasteiger partial charge is 0.389 e. The number of thiophene rings is 1. The molecule has 0 saturated heterocycles. The summed E-state index contributed by atoms with van der Waals surface area (Å²) in [5, 5.41) is 17.2. The van der Waals surface area contributed by atoms with E-state index in [2.05, 4.69) is 0 Å². The van der Waals surface area contributed by atoms with Crippen molar-refractivity contribution in [2.45, 2.75) is 30.6 Å². The fourth-order valence-electron chi connectivity index (χ4n) is 2.42. The number of hydrogen-bond donors (Lipinski definition) is 2. The van der Waals surface area contributed by atoms with E-state index in [9.17, 15) is 13.5 Å². The molecule has 0 saturated carbocycles. The molecule has 2 atom stereocenters. The second kappa shape index (κ2) is 8.88. The first-order chi connectivity index (χ1) is 11.8. The molecule has 0 aliphatic heterocycles. The number of aliphatic hydroxyl groups excluding tert-OH is 1. The highest BCUT2D eigenvalue weighted by Gasteiger charge is 2.16. The molecule has 25 heavy (non-hydrogen) atoms. The Hall–Kier alpha value is -1.29. The van der Waals surface area contributed by atoms with Crippen molar-refractivity contribution in [2.24, 2.45) is 5.14 Å². The zero-order chi connectivity index (χ0) is 18.4. The summed E-state index contributed by atoms with van der Waals surface area (Å²) in [5.41, 5.74) is 0.946. The van der Waals surface area contributed by atoms with Crippen LogP contribution in [0.5, 0.6) is 0 Å². The lowest BCUT2D eigenvalue weighted by Gasteiger charge is -2.27. The van der Waals surface area contributed by atoms with Crippen LogP contribution >= 0.6 is 11.3 Å². The number of ether oxygens (including phenoxy) is 1. The van der Waals surface area contributed by atoms with Gasteiger partial charge in [-0.15, -0.1) is 11.3 Å². The Morgan fingerprint density at radius 3 is 2.52 bits per heavy atom. The fraction of sp³-hybridized carbons (Fsp3) is 0.412. The third kappa shape index (κ3) is 6.18. The minimum absolute atomic E-state index is 0.0153. The number of rotatable bonds is 9. The predicted octanol–water partition coefficient (Wildman–Crippen LogP) is 1.97. The fourth-order valence-corrected chi connectivity index (χ4v) is 3.58. The molecule has 0 amide bonds. The topological polar surface area (TPSA) is 92.9 Å². The van der Waals surface area contributed by atoms with Crippen molar-refractivity contribution in [1.82, 2.24) is 4.90 Å². The van der Waals surface area contributed by atoms with Crippen LogP contribution in [0.25, 0.3) is 0 Å². The molecular weight excluding hydrogens is 360 g/mol. The number of benzene rings is 1. The highest BCUT2D eigenvalue weighted by atomic mass is 32.2. The molecule has 2 unspecified atom stereocenters. The third-order valence-electron chi connectivity index (χ3n) is 3.99. The van der Waals surface area contributed by atoms with E-state index in [-0.39, 0.29) is 17.5 Å². The summed E-state index contributed by atoms with van der Waals surface area (Å²) in [6.45, 7) is 3.20. The molecule has 0 bridgehead atoms. The molecule has 1 aromatic heterocycles. The summed E-state index contributed by atoms with van der Waals surface area (Å²) in [7, 11) is -1.78. The van der Waals surface area contributed by atoms with Gasteiger partial charge in [0, 0.05) is 17.5 Å². The van der Waals surface area contributed by atoms with E-state index < -0.39 is 16.1 Å². The monoisotopic (exact) mass is 384 g/mol. The quantitative estimate of drug-likeness (QED) is 0.689. The van der Waals surface area contributed by atoms with Crippen molar-refractivity contribution in [3.8, 4) is 0 Å². The summed E-state index contributed by atoms with van der Waals surface area (Å²) in [6, 6.07) is 10.4. The second-order valence-corrected chi connectivity index (χ2v) is 8.57. The van der Waals surface area contributed by atoms with Gasteiger partial charge in [-0.25, -0.2) is 13.6 Å². The Labute approximate surface area is 152 Å². The average Bonchev–Trinajstić information content (AvgIpc) is 3.06. The minimum atomic E-state index is -3.68. The lowest BCUT2D eigenvalue weighted by molar-refractivity contribution is 0.00930. The van der Waals surface area contributed by atoms with E-state index in [4.69, 9.17) is 9.88 Å². The molecule has 0 radical (unpaired) electrons. The molecule has 0 spiro atoms. The maximum atomic E-state index is 11.3. The van der Waals surface area contributed by atoms with Crippen LogP contribution in [-0.2, 0) is 21.4 Å². The first kappa shape index (κ1) is 20.0. The van der Waals surface area contributed by atoms with Gasteiger partial charge in [-0.1, -0.05) is 18.2 Å². The molecule has 0 aliphatic rings. The molecule has 2 aromatic rings. The van der Waals surface area contributed by atoms with Crippen LogP contribution in [-0.4, -0.2) is 44.7 Å². The summed E-state index contributed by atoms with van der Waals surface area (Å²) in [5.74, 6) is 0. The number of sulfonamides is 1. The van der Waals surface area contributed by atoms with Gasteiger partial charge >= 0.3 is 0 Å². The first-order valence-electron chi connectivity index (χ1n) is 7.88. The maximum absolute atomic E-state index is 11.3. The van der Waals surface area contributed by atoms with E-state index in [1.165, 1.54) is 12.1 Å². The molecular formula is C17H24N2O4S2. The van der Waals surface area contributed by atoms with Crippen LogP contribution in [0.1, 0.15) is 23.4 Å². The second-order valence-electron chi connectivity index (χ2n) is 5.98. The Morgan fingerprint density at radius 2 is 1.96 bits per heavy atom. The van der Waals surface area contributed by atoms with Gasteiger partial charge in [0.15, 0.2) is 0 Å². The lowest BCUT2D eigenvalue weighted by atomic mass is 10.1. The van der Waals surface area contributed by atoms with Gasteiger partial charge in [0.2, 0.25) is 10.0 Å². The predicted molar refractivity (Wildman–Crippen MR) is 98.8 cm³/mol. The van der Waals surface area contributed by atoms with E-state index in [1.807, 2.05) is 36.4 Å². The lowest BCUT2D eigenvalue weighted by Crippen LogP contribution is -2.34. The highest BCUT2D eigenvalue weighted by Crippen LogP contribution is 2.20. The summed E-state index contributed by atoms with van der Waals surface area (Å²) < 4.78 is 28.1. The summed E-state index contributed by atoms with van der Waals surface area (Å²) in [6.07, 6.45) is -0.601. The molecule has 2 rings (SSSR count). The maximum Gasteiger partial charge on any atom is 0.238 e. The van der Waals surface area contributed by atoms with Gasteiger partial charge in [-0.3, -0.25) is 4.90 Å². The number of hydrogen-bond acceptors (Lipinski definition) is 6. The van der Waals surface area contributed by atoms with Crippen LogP contribution in [0.15, 0.2) is 46.7 Å². The molecule has 1 aromatic carbocycles. The van der Waals surface area contributed by atoms with Crippen LogP contribution in [0, 0.1) is 0 Å². The molecule has 3 N–H and O–H groups in total. The minimum Gasteiger partial charge on any atom is -0.389 e. The summed E-state index contributed by atoms with van der Waals surface area (Å²) >= 11 is 1.62. The van der Waals surface area contributed by atoms with Gasteiger partial charge < -0.3 is 9.84 Å². The number of nitrogens with zero attached hydrogens (tertiary/aromatic N) is 1. The first-order valence-corrected chi connectivity index (χ1v) is 10.3. The van der Waals surface area contributed by atoms with Crippen molar-refractivity contribution in [3.05, 3.63) is 52.2 Å². The van der Waals surface area contributed by atoms with Gasteiger partial charge in [-0.05, 0) is 43.1 Å². The molecule has 0 fully saturated rings. The van der Waals surface area contributed by atoms with Crippen molar-refractivity contribution >= 4 is 21.4 Å². The van der Waals surface area contributed by atoms with Crippen molar-refractivity contribution < 1.29 is 18.3 Å². The number of primary sulfonamides is 1. The Morgan fingerprint density at radius 1 is 1.28 bits per heavy atom. The van der Waals surface area contributed by atoms with E-state index in [1.54, 1.807) is 23.5 Å². The van der Waals surface area contributed by atoms with Crippen LogP contribution in [0.4, 0.5) is 0 Å². The smallest absolute Gasteiger partial charge is 0.238 e. The average molecular weight is 385 g/mol. The third-order valence-corrected chi connectivity index (χ3v) is 5.76. The Bertz CT molecular complexity index is 745. The standard InChI is InChI=1S/C17H24N2O4S2/c1-13(14-5-7-17(8-6-14)25(18,21)22)19(2)10-15(20)11-23-12-16-4-3-9-24-16/h3-9,13,15,20H,10-12H2,1-2H3,(H2,18,21,22). The van der Waals surface area contributed by atoms with Gasteiger partial charge in [-0.2, -0.15) is 0 Å². The van der Waals surface area contributed by atoms with Crippen LogP contribution in [0.2, 0.25) is 0 Å². The number of likely N-dealkylation sites (N-methyl/N-ethyl adjacent to an activating group) is 1. The molecule has 0 aliphatic carbocycles. The summed E-state index contributed by atoms with van der Waals surface area (Å²) in [4.78, 5) is 3.21. The molecule has 6 nitrogen and oxygen atoms in total. The zero-order valence-corrected chi connectivity index (χ0v) is 16.0.